The summed E-state index contributed by atoms with van der Waals surface area (Å²) < 4.78 is 12.0. The number of nitrogens with two attached hydrogens (primary N) is 1. The first-order valence-electron chi connectivity index (χ1n) is 5.62. The number of para-hydroxylation sites is 1. The lowest BCUT2D eigenvalue weighted by Crippen LogP contribution is -2.22. The third-order valence-electron chi connectivity index (χ3n) is 2.79. The Labute approximate surface area is 104 Å². The van der Waals surface area contributed by atoms with Gasteiger partial charge in [-0.15, -0.1) is 0 Å². The van der Waals surface area contributed by atoms with Crippen molar-refractivity contribution in [3.63, 3.8) is 0 Å². The third-order valence-corrected chi connectivity index (χ3v) is 4.48. The molecular weight excluding hydrogens is 232 g/mol. The fourth-order valence-electron chi connectivity index (χ4n) is 1.69. The molecule has 17 heavy (non-hydrogen) atoms. The number of aromatic nitrogens is 1. The van der Waals surface area contributed by atoms with Crippen molar-refractivity contribution in [3.05, 3.63) is 42.1 Å². The number of benzene rings is 1. The molecule has 1 aromatic heterocycles. The molecule has 0 radical (unpaired) electrons. The molecule has 1 heterocycles. The average molecular weight is 248 g/mol. The second-order valence-corrected chi connectivity index (χ2v) is 5.92. The largest absolute Gasteiger partial charge is 0.329 e. The van der Waals surface area contributed by atoms with Crippen molar-refractivity contribution >= 4 is 21.7 Å². The summed E-state index contributed by atoms with van der Waals surface area (Å²) in [5, 5.41) is 1.11. The van der Waals surface area contributed by atoms with Crippen molar-refractivity contribution in [1.82, 2.24) is 4.98 Å². The monoisotopic (exact) mass is 248 g/mol. The molecule has 0 aliphatic carbocycles. The van der Waals surface area contributed by atoms with E-state index in [0.717, 1.165) is 16.5 Å². The summed E-state index contributed by atoms with van der Waals surface area (Å²) in [6.07, 6.45) is 1.76. The number of hydrogen-bond acceptors (Lipinski definition) is 3. The molecule has 1 aromatic carbocycles. The fourth-order valence-corrected chi connectivity index (χ4v) is 2.73. The molecule has 4 heteroatoms. The summed E-state index contributed by atoms with van der Waals surface area (Å²) in [5.41, 5.74) is 7.50. The van der Waals surface area contributed by atoms with E-state index in [4.69, 9.17) is 5.73 Å². The highest BCUT2D eigenvalue weighted by Crippen LogP contribution is 2.18. The van der Waals surface area contributed by atoms with Gasteiger partial charge in [-0.2, -0.15) is 0 Å². The first kappa shape index (κ1) is 12.2. The zero-order chi connectivity index (χ0) is 12.3. The van der Waals surface area contributed by atoms with Gasteiger partial charge in [-0.1, -0.05) is 24.3 Å². The topological polar surface area (TPSA) is 56.0 Å². The van der Waals surface area contributed by atoms with Crippen molar-refractivity contribution in [2.24, 2.45) is 5.73 Å². The Hall–Kier alpha value is -1.26. The Kier molecular flexibility index (Phi) is 3.86. The summed E-state index contributed by atoms with van der Waals surface area (Å²) in [4.78, 5) is 4.35. The lowest BCUT2D eigenvalue weighted by Gasteiger charge is -2.10. The van der Waals surface area contributed by atoms with Crippen molar-refractivity contribution in [1.29, 1.82) is 0 Å². The minimum atomic E-state index is -0.937. The number of fused-ring (bicyclic) bond motifs is 1. The summed E-state index contributed by atoms with van der Waals surface area (Å²) in [6, 6.07) is 9.90. The highest BCUT2D eigenvalue weighted by atomic mass is 32.2. The van der Waals surface area contributed by atoms with Crippen LogP contribution in [0.1, 0.15) is 12.5 Å². The number of hydrogen-bond donors (Lipinski definition) is 1. The van der Waals surface area contributed by atoms with Crippen LogP contribution in [0.15, 0.2) is 36.5 Å². The highest BCUT2D eigenvalue weighted by Gasteiger charge is 2.11. The standard InChI is InChI=1S/C13H16N2OS/c1-10(8-14)17(16)9-12-5-2-4-11-6-3-7-15-13(11)12/h2-7,10H,8-9,14H2,1H3. The van der Waals surface area contributed by atoms with Crippen LogP contribution in [-0.2, 0) is 16.6 Å². The quantitative estimate of drug-likeness (QED) is 0.898. The molecule has 0 fully saturated rings. The van der Waals surface area contributed by atoms with Crippen LogP contribution in [0.25, 0.3) is 10.9 Å². The second-order valence-electron chi connectivity index (χ2n) is 4.06. The van der Waals surface area contributed by atoms with E-state index in [1.165, 1.54) is 0 Å². The second kappa shape index (κ2) is 5.38. The Morgan fingerprint density at radius 1 is 1.35 bits per heavy atom. The zero-order valence-electron chi connectivity index (χ0n) is 9.80. The molecule has 0 amide bonds. The Morgan fingerprint density at radius 2 is 2.12 bits per heavy atom. The minimum Gasteiger partial charge on any atom is -0.329 e. The van der Waals surface area contributed by atoms with E-state index >= 15 is 0 Å². The van der Waals surface area contributed by atoms with Crippen LogP contribution in [-0.4, -0.2) is 21.0 Å². The molecule has 0 aliphatic heterocycles. The van der Waals surface area contributed by atoms with Gasteiger partial charge in [-0.3, -0.25) is 9.19 Å². The molecule has 2 unspecified atom stereocenters. The van der Waals surface area contributed by atoms with Crippen LogP contribution in [0.3, 0.4) is 0 Å². The van der Waals surface area contributed by atoms with Gasteiger partial charge in [0.1, 0.15) is 0 Å². The lowest BCUT2D eigenvalue weighted by molar-refractivity contribution is 0.673. The molecule has 90 valence electrons. The third kappa shape index (κ3) is 2.70. The molecule has 2 aromatic rings. The molecule has 0 saturated carbocycles. The molecule has 0 bridgehead atoms. The van der Waals surface area contributed by atoms with Gasteiger partial charge in [0.25, 0.3) is 0 Å². The molecule has 0 aliphatic rings. The SMILES string of the molecule is CC(CN)S(=O)Cc1cccc2cccnc12. The van der Waals surface area contributed by atoms with Crippen LogP contribution in [0.5, 0.6) is 0 Å². The number of rotatable bonds is 4. The smallest absolute Gasteiger partial charge is 0.0743 e. The highest BCUT2D eigenvalue weighted by molar-refractivity contribution is 7.84. The molecule has 0 spiro atoms. The van der Waals surface area contributed by atoms with Crippen LogP contribution in [0.2, 0.25) is 0 Å². The van der Waals surface area contributed by atoms with Gasteiger partial charge in [0.2, 0.25) is 0 Å². The number of pyridine rings is 1. The van der Waals surface area contributed by atoms with E-state index in [2.05, 4.69) is 4.98 Å². The average Bonchev–Trinajstić information content (AvgIpc) is 2.38. The number of nitrogens with zero attached hydrogens (tertiary/aromatic N) is 1. The van der Waals surface area contributed by atoms with Crippen LogP contribution >= 0.6 is 0 Å². The summed E-state index contributed by atoms with van der Waals surface area (Å²) in [5.74, 6) is 0.521. The molecule has 2 atom stereocenters. The van der Waals surface area contributed by atoms with E-state index in [0.29, 0.717) is 12.3 Å². The molecule has 2 rings (SSSR count). The minimum absolute atomic E-state index is 0.0222. The van der Waals surface area contributed by atoms with E-state index < -0.39 is 10.8 Å². The maximum Gasteiger partial charge on any atom is 0.0743 e. The van der Waals surface area contributed by atoms with Crippen molar-refractivity contribution in [2.75, 3.05) is 6.54 Å². The van der Waals surface area contributed by atoms with Crippen LogP contribution < -0.4 is 5.73 Å². The lowest BCUT2D eigenvalue weighted by atomic mass is 10.1. The molecule has 0 saturated heterocycles. The summed E-state index contributed by atoms with van der Waals surface area (Å²) >= 11 is 0. The van der Waals surface area contributed by atoms with Gasteiger partial charge < -0.3 is 5.73 Å². The van der Waals surface area contributed by atoms with Crippen molar-refractivity contribution in [3.8, 4) is 0 Å². The Bertz CT molecular complexity index is 536. The van der Waals surface area contributed by atoms with Gasteiger partial charge in [0, 0.05) is 34.2 Å². The van der Waals surface area contributed by atoms with Crippen LogP contribution in [0, 0.1) is 0 Å². The van der Waals surface area contributed by atoms with Gasteiger partial charge >= 0.3 is 0 Å². The van der Waals surface area contributed by atoms with E-state index in [1.807, 2.05) is 37.3 Å². The predicted molar refractivity (Wildman–Crippen MR) is 72.1 cm³/mol. The molecule has 2 N–H and O–H groups in total. The summed E-state index contributed by atoms with van der Waals surface area (Å²) in [7, 11) is -0.937. The molecular formula is C13H16N2OS. The van der Waals surface area contributed by atoms with Gasteiger partial charge in [-0.05, 0) is 18.6 Å². The maximum absolute atomic E-state index is 12.0. The summed E-state index contributed by atoms with van der Waals surface area (Å²) in [6.45, 7) is 2.36. The maximum atomic E-state index is 12.0. The van der Waals surface area contributed by atoms with Crippen molar-refractivity contribution < 1.29 is 4.21 Å². The van der Waals surface area contributed by atoms with Gasteiger partial charge in [-0.25, -0.2) is 0 Å². The first-order chi connectivity index (χ1) is 8.22. The normalized spacial score (nSPS) is 14.7. The van der Waals surface area contributed by atoms with Crippen molar-refractivity contribution in [2.45, 2.75) is 17.9 Å². The first-order valence-corrected chi connectivity index (χ1v) is 7.00. The van der Waals surface area contributed by atoms with E-state index in [-0.39, 0.29) is 5.25 Å². The van der Waals surface area contributed by atoms with Gasteiger partial charge in [0.05, 0.1) is 11.3 Å². The Morgan fingerprint density at radius 3 is 2.88 bits per heavy atom. The van der Waals surface area contributed by atoms with E-state index in [9.17, 15) is 4.21 Å². The van der Waals surface area contributed by atoms with Gasteiger partial charge in [0.15, 0.2) is 0 Å². The Balaban J connectivity index is 2.33. The predicted octanol–water partition coefficient (Wildman–Crippen LogP) is 1.83. The molecule has 3 nitrogen and oxygen atoms in total. The van der Waals surface area contributed by atoms with E-state index in [1.54, 1.807) is 6.20 Å². The fraction of sp³-hybridized carbons (Fsp3) is 0.308. The zero-order valence-corrected chi connectivity index (χ0v) is 10.6. The van der Waals surface area contributed by atoms with Crippen LogP contribution in [0.4, 0.5) is 0 Å².